The minimum Gasteiger partial charge on any atom is -0.743 e. The zero-order valence-electron chi connectivity index (χ0n) is 10.8. The van der Waals surface area contributed by atoms with Crippen LogP contribution in [0, 0.1) is 0 Å². The van der Waals surface area contributed by atoms with Crippen molar-refractivity contribution in [1.29, 1.82) is 0 Å². The zero-order chi connectivity index (χ0) is 15.5. The smallest absolute Gasteiger partial charge is 0.743 e. The first-order chi connectivity index (χ1) is 8.33. The number of ether oxygens (including phenoxy) is 1. The summed E-state index contributed by atoms with van der Waals surface area (Å²) in [5.41, 5.74) is -0.0146. The van der Waals surface area contributed by atoms with Crippen molar-refractivity contribution in [2.24, 2.45) is 0 Å². The molecule has 112 valence electrons. The third-order valence-corrected chi connectivity index (χ3v) is 2.88. The fourth-order valence-electron chi connectivity index (χ4n) is 0.911. The Hall–Kier alpha value is -0.160. The number of hydrogen-bond donors (Lipinski definition) is 0. The van der Waals surface area contributed by atoms with Gasteiger partial charge >= 0.3 is 46.7 Å². The van der Waals surface area contributed by atoms with E-state index in [9.17, 15) is 35.3 Å². The molecule has 11 heteroatoms. The van der Waals surface area contributed by atoms with Crippen molar-refractivity contribution in [2.75, 3.05) is 6.61 Å². The fourth-order valence-corrected chi connectivity index (χ4v) is 1.38. The van der Waals surface area contributed by atoms with Gasteiger partial charge in [0.1, 0.15) is 0 Å². The molecule has 0 unspecified atom stereocenters. The molecule has 0 fully saturated rings. The molecule has 5 nitrogen and oxygen atoms in total. The molecule has 0 saturated carbocycles. The van der Waals surface area contributed by atoms with Crippen molar-refractivity contribution in [1.82, 2.24) is 0 Å². The van der Waals surface area contributed by atoms with E-state index < -0.39 is 46.7 Å². The average Bonchev–Trinajstić information content (AvgIpc) is 2.21. The Labute approximate surface area is 135 Å². The van der Waals surface area contributed by atoms with Gasteiger partial charge in [-0.2, -0.15) is 17.6 Å². The molecule has 0 bridgehead atoms. The number of esters is 1. The number of alkyl halides is 4. The van der Waals surface area contributed by atoms with Crippen LogP contribution in [0.4, 0.5) is 17.6 Å². The Morgan fingerprint density at radius 1 is 1.30 bits per heavy atom. The van der Waals surface area contributed by atoms with Gasteiger partial charge in [0, 0.05) is 12.0 Å². The molecule has 0 heterocycles. The van der Waals surface area contributed by atoms with Crippen LogP contribution in [0.2, 0.25) is 0 Å². The summed E-state index contributed by atoms with van der Waals surface area (Å²) in [6.07, 6.45) is -2.36. The van der Waals surface area contributed by atoms with E-state index in [1.165, 1.54) is 6.92 Å². The molecule has 0 aliphatic carbocycles. The van der Waals surface area contributed by atoms with Crippen LogP contribution < -0.4 is 29.6 Å². The molecule has 0 aliphatic heterocycles. The maximum Gasteiger partial charge on any atom is 1.00 e. The molecular formula is C9H11F4NaO5S. The Balaban J connectivity index is 0. The van der Waals surface area contributed by atoms with Crippen molar-refractivity contribution >= 4 is 16.1 Å². The van der Waals surface area contributed by atoms with E-state index in [2.05, 4.69) is 11.3 Å². The van der Waals surface area contributed by atoms with E-state index in [4.69, 9.17) is 0 Å². The Kier molecular flexibility index (Phi) is 8.56. The molecule has 0 aromatic rings. The first kappa shape index (κ1) is 22.1. The van der Waals surface area contributed by atoms with Gasteiger partial charge in [0.2, 0.25) is 0 Å². The maximum atomic E-state index is 12.9. The predicted octanol–water partition coefficient (Wildman–Crippen LogP) is -1.34. The van der Waals surface area contributed by atoms with Crippen molar-refractivity contribution in [3.63, 3.8) is 0 Å². The van der Waals surface area contributed by atoms with Gasteiger partial charge in [-0.15, -0.1) is 0 Å². The summed E-state index contributed by atoms with van der Waals surface area (Å²) in [5.74, 6) is -5.94. The largest absolute Gasteiger partial charge is 1.00 e. The number of carbonyl (C=O) groups excluding carboxylic acids is 1. The van der Waals surface area contributed by atoms with E-state index in [1.54, 1.807) is 0 Å². The van der Waals surface area contributed by atoms with Gasteiger partial charge in [-0.1, -0.05) is 6.58 Å². The van der Waals surface area contributed by atoms with E-state index in [-0.39, 0.29) is 35.1 Å². The van der Waals surface area contributed by atoms with Crippen LogP contribution in [0.5, 0.6) is 0 Å². The Morgan fingerprint density at radius 2 is 1.75 bits per heavy atom. The Morgan fingerprint density at radius 3 is 2.10 bits per heavy atom. The quantitative estimate of drug-likeness (QED) is 0.144. The third kappa shape index (κ3) is 5.68. The van der Waals surface area contributed by atoms with Crippen LogP contribution >= 0.6 is 0 Å². The fraction of sp³-hybridized carbons (Fsp3) is 0.667. The van der Waals surface area contributed by atoms with Crippen LogP contribution in [0.1, 0.15) is 19.8 Å². The van der Waals surface area contributed by atoms with Gasteiger partial charge in [0.25, 0.3) is 0 Å². The number of halogens is 4. The van der Waals surface area contributed by atoms with E-state index in [0.717, 1.165) is 0 Å². The van der Waals surface area contributed by atoms with Crippen molar-refractivity contribution in [2.45, 2.75) is 30.9 Å². The summed E-state index contributed by atoms with van der Waals surface area (Å²) < 4.78 is 85.6. The minimum atomic E-state index is -6.48. The molecular weight excluding hydrogens is 319 g/mol. The van der Waals surface area contributed by atoms with E-state index in [0.29, 0.717) is 0 Å². The molecule has 0 aliphatic rings. The molecule has 0 atom stereocenters. The summed E-state index contributed by atoms with van der Waals surface area (Å²) in [4.78, 5) is 10.8. The van der Waals surface area contributed by atoms with Crippen LogP contribution in [-0.2, 0) is 19.6 Å². The van der Waals surface area contributed by atoms with E-state index >= 15 is 0 Å². The van der Waals surface area contributed by atoms with Gasteiger partial charge in [-0.3, -0.25) is 0 Å². The summed E-state index contributed by atoms with van der Waals surface area (Å²) in [6, 6.07) is 0. The molecule has 0 amide bonds. The summed E-state index contributed by atoms with van der Waals surface area (Å²) >= 11 is 0. The average molecular weight is 330 g/mol. The summed E-state index contributed by atoms with van der Waals surface area (Å²) in [7, 11) is -6.48. The minimum absolute atomic E-state index is 0. The first-order valence-electron chi connectivity index (χ1n) is 4.86. The second-order valence-corrected chi connectivity index (χ2v) is 5.12. The second kappa shape index (κ2) is 7.74. The predicted molar refractivity (Wildman–Crippen MR) is 54.6 cm³/mol. The second-order valence-electron chi connectivity index (χ2n) is 3.70. The van der Waals surface area contributed by atoms with Gasteiger partial charge in [-0.05, 0) is 13.3 Å². The van der Waals surface area contributed by atoms with Crippen molar-refractivity contribution in [3.05, 3.63) is 12.2 Å². The molecule has 0 aromatic heterocycles. The van der Waals surface area contributed by atoms with Gasteiger partial charge < -0.3 is 9.29 Å². The maximum absolute atomic E-state index is 12.9. The zero-order valence-corrected chi connectivity index (χ0v) is 13.6. The first-order valence-corrected chi connectivity index (χ1v) is 6.27. The standard InChI is InChI=1S/C9H12F4O5S.Na/c1-6(2)7(14)18-5-3-4-8(10,11)9(12,13)19(15,16)17;/h1,3-5H2,2H3,(H,15,16,17);/q;+1/p-1. The van der Waals surface area contributed by atoms with Crippen LogP contribution in [0.3, 0.4) is 0 Å². The summed E-state index contributed by atoms with van der Waals surface area (Å²) in [5, 5.41) is -5.71. The van der Waals surface area contributed by atoms with Crippen molar-refractivity contribution in [3.8, 4) is 0 Å². The number of carbonyl (C=O) groups is 1. The van der Waals surface area contributed by atoms with Gasteiger partial charge in [0.15, 0.2) is 10.1 Å². The number of rotatable bonds is 7. The van der Waals surface area contributed by atoms with Gasteiger partial charge in [0.05, 0.1) is 6.61 Å². The number of hydrogen-bond acceptors (Lipinski definition) is 5. The van der Waals surface area contributed by atoms with E-state index in [1.807, 2.05) is 0 Å². The monoisotopic (exact) mass is 330 g/mol. The SMILES string of the molecule is C=C(C)C(=O)OCCCC(F)(F)C(F)(F)S(=O)(=O)[O-].[Na+]. The Bertz CT molecular complexity index is 463. The van der Waals surface area contributed by atoms with Crippen LogP contribution in [0.15, 0.2) is 12.2 Å². The molecule has 0 radical (unpaired) electrons. The van der Waals surface area contributed by atoms with Crippen LogP contribution in [-0.4, -0.2) is 36.7 Å². The molecule has 20 heavy (non-hydrogen) atoms. The molecule has 0 N–H and O–H groups in total. The third-order valence-electron chi connectivity index (χ3n) is 1.96. The van der Waals surface area contributed by atoms with Crippen molar-refractivity contribution < 1.29 is 69.6 Å². The topological polar surface area (TPSA) is 83.5 Å². The normalized spacial score (nSPS) is 12.5. The molecule has 0 rings (SSSR count). The summed E-state index contributed by atoms with van der Waals surface area (Å²) in [6.45, 7) is 3.85. The molecule has 0 aromatic carbocycles. The van der Waals surface area contributed by atoms with Gasteiger partial charge in [-0.25, -0.2) is 13.2 Å². The molecule has 0 spiro atoms. The molecule has 0 saturated heterocycles. The van der Waals surface area contributed by atoms with Crippen LogP contribution in [0.25, 0.3) is 0 Å².